The fraction of sp³-hybridized carbons (Fsp3) is 0.0667. The molecular formula is C15H10FN3OS. The zero-order valence-corrected chi connectivity index (χ0v) is 11.9. The molecule has 0 atom stereocenters. The summed E-state index contributed by atoms with van der Waals surface area (Å²) in [5.74, 6) is -0.343. The van der Waals surface area contributed by atoms with Crippen LogP contribution >= 0.6 is 11.3 Å². The Morgan fingerprint density at radius 3 is 2.90 bits per heavy atom. The van der Waals surface area contributed by atoms with Crippen molar-refractivity contribution in [2.45, 2.75) is 6.92 Å². The molecule has 21 heavy (non-hydrogen) atoms. The molecule has 3 aromatic heterocycles. The topological polar surface area (TPSA) is 50.7 Å². The van der Waals surface area contributed by atoms with Crippen molar-refractivity contribution in [3.05, 3.63) is 56.9 Å². The lowest BCUT2D eigenvalue weighted by Gasteiger charge is -1.98. The van der Waals surface area contributed by atoms with Crippen LogP contribution in [0.15, 0.2) is 40.6 Å². The third-order valence-corrected chi connectivity index (χ3v) is 4.31. The van der Waals surface area contributed by atoms with Gasteiger partial charge in [0.1, 0.15) is 5.82 Å². The first kappa shape index (κ1) is 12.3. The Labute approximate surface area is 122 Å². The predicted molar refractivity (Wildman–Crippen MR) is 81.8 cm³/mol. The molecule has 1 aromatic carbocycles. The van der Waals surface area contributed by atoms with Crippen molar-refractivity contribution in [1.29, 1.82) is 0 Å². The van der Waals surface area contributed by atoms with E-state index in [1.165, 1.54) is 23.0 Å². The normalized spacial score (nSPS) is 11.5. The van der Waals surface area contributed by atoms with E-state index in [0.717, 1.165) is 16.0 Å². The monoisotopic (exact) mass is 299 g/mol. The number of thiophene rings is 1. The number of aromatic amines is 1. The number of aromatic nitrogens is 3. The van der Waals surface area contributed by atoms with Crippen molar-refractivity contribution in [3.63, 3.8) is 0 Å². The number of hydrogen-bond acceptors (Lipinski definition) is 3. The fourth-order valence-corrected chi connectivity index (χ4v) is 3.13. The molecule has 4 rings (SSSR count). The molecule has 3 heterocycles. The number of nitrogens with one attached hydrogen (secondary N) is 1. The fourth-order valence-electron chi connectivity index (χ4n) is 2.46. The molecule has 104 valence electrons. The van der Waals surface area contributed by atoms with E-state index in [-0.39, 0.29) is 11.4 Å². The zero-order valence-electron chi connectivity index (χ0n) is 11.1. The van der Waals surface area contributed by atoms with Gasteiger partial charge in [-0.1, -0.05) is 0 Å². The van der Waals surface area contributed by atoms with E-state index in [9.17, 15) is 9.18 Å². The summed E-state index contributed by atoms with van der Waals surface area (Å²) in [7, 11) is 0. The third kappa shape index (κ3) is 1.80. The number of nitrogens with zero attached hydrogens (tertiary/aromatic N) is 2. The summed E-state index contributed by atoms with van der Waals surface area (Å²) < 4.78 is 14.8. The first-order valence-corrected chi connectivity index (χ1v) is 7.26. The molecule has 0 spiro atoms. The van der Waals surface area contributed by atoms with Crippen molar-refractivity contribution in [1.82, 2.24) is 14.8 Å². The summed E-state index contributed by atoms with van der Waals surface area (Å²) in [5, 5.41) is 6.25. The highest BCUT2D eigenvalue weighted by Crippen LogP contribution is 2.22. The Bertz CT molecular complexity index is 1040. The second kappa shape index (κ2) is 4.26. The number of hydrogen-bond donors (Lipinski definition) is 1. The second-order valence-electron chi connectivity index (χ2n) is 4.88. The smallest absolute Gasteiger partial charge is 0.280 e. The van der Waals surface area contributed by atoms with Crippen LogP contribution in [0.1, 0.15) is 4.88 Å². The van der Waals surface area contributed by atoms with Gasteiger partial charge in [0.05, 0.1) is 22.1 Å². The van der Waals surface area contributed by atoms with Crippen LogP contribution in [-0.2, 0) is 0 Å². The highest BCUT2D eigenvalue weighted by molar-refractivity contribution is 7.10. The van der Waals surface area contributed by atoms with E-state index in [1.807, 2.05) is 18.4 Å². The van der Waals surface area contributed by atoms with Gasteiger partial charge in [-0.2, -0.15) is 0 Å². The Morgan fingerprint density at radius 2 is 2.14 bits per heavy atom. The van der Waals surface area contributed by atoms with Crippen LogP contribution in [0.4, 0.5) is 4.39 Å². The number of pyridine rings is 1. The van der Waals surface area contributed by atoms with Gasteiger partial charge < -0.3 is 0 Å². The number of halogens is 1. The van der Waals surface area contributed by atoms with Gasteiger partial charge in [0.25, 0.3) is 5.56 Å². The summed E-state index contributed by atoms with van der Waals surface area (Å²) in [4.78, 5) is 17.8. The molecule has 0 saturated carbocycles. The standard InChI is InChI=1S/C15H10FN3OS/c1-8-4-10(7-21-8)19-15(20)12-6-17-13-5-9(16)2-3-11(13)14(12)18-19/h2-7,18H,1H3. The van der Waals surface area contributed by atoms with Crippen LogP contribution in [0.25, 0.3) is 27.5 Å². The highest BCUT2D eigenvalue weighted by atomic mass is 32.1. The molecule has 0 aliphatic rings. The van der Waals surface area contributed by atoms with Crippen LogP contribution in [0.3, 0.4) is 0 Å². The lowest BCUT2D eigenvalue weighted by molar-refractivity contribution is 0.629. The number of aryl methyl sites for hydroxylation is 1. The van der Waals surface area contributed by atoms with Crippen molar-refractivity contribution in [3.8, 4) is 5.69 Å². The van der Waals surface area contributed by atoms with Crippen LogP contribution in [0.5, 0.6) is 0 Å². The largest absolute Gasteiger partial charge is 0.290 e. The molecule has 1 N–H and O–H groups in total. The van der Waals surface area contributed by atoms with Crippen molar-refractivity contribution < 1.29 is 4.39 Å². The van der Waals surface area contributed by atoms with Crippen LogP contribution in [0, 0.1) is 12.7 Å². The molecule has 0 aliphatic heterocycles. The van der Waals surface area contributed by atoms with E-state index >= 15 is 0 Å². The highest BCUT2D eigenvalue weighted by Gasteiger charge is 2.12. The molecule has 0 amide bonds. The summed E-state index contributed by atoms with van der Waals surface area (Å²) in [5.41, 5.74) is 1.85. The van der Waals surface area contributed by atoms with Gasteiger partial charge >= 0.3 is 0 Å². The molecule has 0 saturated heterocycles. The zero-order chi connectivity index (χ0) is 14.6. The molecule has 0 bridgehead atoms. The van der Waals surface area contributed by atoms with E-state index in [1.54, 1.807) is 17.4 Å². The van der Waals surface area contributed by atoms with Crippen molar-refractivity contribution in [2.75, 3.05) is 0 Å². The quantitative estimate of drug-likeness (QED) is 0.586. The maximum absolute atomic E-state index is 13.3. The summed E-state index contributed by atoms with van der Waals surface area (Å²) in [6, 6.07) is 6.31. The summed E-state index contributed by atoms with van der Waals surface area (Å²) in [6.45, 7) is 1.99. The average Bonchev–Trinajstić information content (AvgIpc) is 3.02. The summed E-state index contributed by atoms with van der Waals surface area (Å²) in [6.07, 6.45) is 1.49. The van der Waals surface area contributed by atoms with Crippen molar-refractivity contribution in [2.24, 2.45) is 0 Å². The molecular weight excluding hydrogens is 289 g/mol. The minimum absolute atomic E-state index is 0.151. The number of benzene rings is 1. The molecule has 4 nitrogen and oxygen atoms in total. The average molecular weight is 299 g/mol. The Morgan fingerprint density at radius 1 is 1.29 bits per heavy atom. The number of rotatable bonds is 1. The van der Waals surface area contributed by atoms with Gasteiger partial charge in [-0.05, 0) is 25.1 Å². The van der Waals surface area contributed by atoms with Gasteiger partial charge in [-0.25, -0.2) is 9.07 Å². The second-order valence-corrected chi connectivity index (χ2v) is 5.99. The lowest BCUT2D eigenvalue weighted by Crippen LogP contribution is -2.13. The van der Waals surface area contributed by atoms with E-state index in [4.69, 9.17) is 0 Å². The Hall–Kier alpha value is -2.47. The first-order chi connectivity index (χ1) is 10.1. The van der Waals surface area contributed by atoms with Crippen LogP contribution in [0.2, 0.25) is 0 Å². The molecule has 4 aromatic rings. The minimum atomic E-state index is -0.343. The third-order valence-electron chi connectivity index (χ3n) is 3.46. The van der Waals surface area contributed by atoms with Crippen LogP contribution in [-0.4, -0.2) is 14.8 Å². The Kier molecular flexibility index (Phi) is 2.49. The SMILES string of the molecule is Cc1cc(-n2[nH]c3c(cnc4cc(F)ccc43)c2=O)cs1. The Balaban J connectivity index is 2.10. The molecule has 0 radical (unpaired) electrons. The van der Waals surface area contributed by atoms with Gasteiger partial charge in [-0.15, -0.1) is 11.3 Å². The van der Waals surface area contributed by atoms with Gasteiger partial charge in [0.2, 0.25) is 0 Å². The van der Waals surface area contributed by atoms with Crippen LogP contribution < -0.4 is 5.56 Å². The molecule has 0 unspecified atom stereocenters. The van der Waals surface area contributed by atoms with Crippen molar-refractivity contribution >= 4 is 33.1 Å². The van der Waals surface area contributed by atoms with E-state index < -0.39 is 0 Å². The summed E-state index contributed by atoms with van der Waals surface area (Å²) >= 11 is 1.58. The first-order valence-electron chi connectivity index (χ1n) is 6.38. The van der Waals surface area contributed by atoms with E-state index in [2.05, 4.69) is 10.1 Å². The van der Waals surface area contributed by atoms with Gasteiger partial charge in [-0.3, -0.25) is 14.9 Å². The molecule has 6 heteroatoms. The molecule has 0 aliphatic carbocycles. The minimum Gasteiger partial charge on any atom is -0.290 e. The maximum Gasteiger partial charge on any atom is 0.280 e. The number of fused-ring (bicyclic) bond motifs is 3. The lowest BCUT2D eigenvalue weighted by atomic mass is 10.2. The maximum atomic E-state index is 13.3. The molecule has 0 fully saturated rings. The van der Waals surface area contributed by atoms with Gasteiger partial charge in [0, 0.05) is 27.9 Å². The van der Waals surface area contributed by atoms with E-state index in [0.29, 0.717) is 16.4 Å². The number of H-pyrrole nitrogens is 1. The predicted octanol–water partition coefficient (Wildman–Crippen LogP) is 3.38. The van der Waals surface area contributed by atoms with Gasteiger partial charge in [0.15, 0.2) is 0 Å².